The number of Topliss-reactive ketones (excluding diaryl/α,β-unsaturated/α-hetero) is 1. The molecule has 0 amide bonds. The second-order valence-corrected chi connectivity index (χ2v) is 4.51. The number of hydrogen-bond acceptors (Lipinski definition) is 1. The molecule has 10 heavy (non-hydrogen) atoms. The minimum Gasteiger partial charge on any atom is -0.299 e. The van der Waals surface area contributed by atoms with Gasteiger partial charge in [-0.2, -0.15) is 0 Å². The summed E-state index contributed by atoms with van der Waals surface area (Å²) in [5.41, 5.74) is 0. The Hall–Kier alpha value is -0.330. The van der Waals surface area contributed by atoms with Crippen LogP contribution in [0.4, 0.5) is 0 Å². The van der Waals surface area contributed by atoms with Crippen LogP contribution in [0, 0.1) is 35.5 Å². The highest BCUT2D eigenvalue weighted by atomic mass is 16.1. The molecule has 0 saturated heterocycles. The van der Waals surface area contributed by atoms with Crippen molar-refractivity contribution in [1.82, 2.24) is 0 Å². The quantitative estimate of drug-likeness (QED) is 0.484. The summed E-state index contributed by atoms with van der Waals surface area (Å²) in [6.45, 7) is 0. The molecule has 4 aliphatic carbocycles. The molecule has 0 N–H and O–H groups in total. The van der Waals surface area contributed by atoms with Gasteiger partial charge in [0.2, 0.25) is 0 Å². The van der Waals surface area contributed by atoms with E-state index in [0.717, 1.165) is 23.7 Å². The molecule has 0 aromatic rings. The maximum atomic E-state index is 11.4. The molecule has 4 rings (SSSR count). The van der Waals surface area contributed by atoms with Gasteiger partial charge < -0.3 is 0 Å². The average molecular weight is 134 g/mol. The summed E-state index contributed by atoms with van der Waals surface area (Å²) < 4.78 is 0. The van der Waals surface area contributed by atoms with Crippen LogP contribution in [-0.2, 0) is 4.79 Å². The van der Waals surface area contributed by atoms with Crippen molar-refractivity contribution in [2.75, 3.05) is 0 Å². The normalized spacial score (nSPS) is 73.4. The monoisotopic (exact) mass is 134 g/mol. The van der Waals surface area contributed by atoms with E-state index in [9.17, 15) is 4.79 Å². The van der Waals surface area contributed by atoms with E-state index < -0.39 is 0 Å². The van der Waals surface area contributed by atoms with Gasteiger partial charge in [-0.1, -0.05) is 0 Å². The van der Waals surface area contributed by atoms with E-state index in [1.807, 2.05) is 0 Å². The molecule has 0 bridgehead atoms. The van der Waals surface area contributed by atoms with Crippen molar-refractivity contribution in [3.05, 3.63) is 0 Å². The van der Waals surface area contributed by atoms with Gasteiger partial charge in [-0.3, -0.25) is 4.79 Å². The number of hydrogen-bond donors (Lipinski definition) is 0. The Kier molecular flexibility index (Phi) is 0.449. The second kappa shape index (κ2) is 0.992. The van der Waals surface area contributed by atoms with Crippen molar-refractivity contribution in [1.29, 1.82) is 0 Å². The molecule has 4 aliphatic rings. The highest BCUT2D eigenvalue weighted by Crippen LogP contribution is 2.80. The lowest BCUT2D eigenvalue weighted by Crippen LogP contribution is -2.32. The molecule has 0 aromatic carbocycles. The van der Waals surface area contributed by atoms with Crippen LogP contribution < -0.4 is 0 Å². The van der Waals surface area contributed by atoms with E-state index in [0.29, 0.717) is 17.6 Å². The molecule has 0 heterocycles. The summed E-state index contributed by atoms with van der Waals surface area (Å²) in [5.74, 6) is 5.59. The number of rotatable bonds is 0. The van der Waals surface area contributed by atoms with Gasteiger partial charge in [0, 0.05) is 11.8 Å². The minimum absolute atomic E-state index is 0.560. The highest BCUT2D eigenvalue weighted by Gasteiger charge is 2.80. The van der Waals surface area contributed by atoms with Crippen molar-refractivity contribution in [2.45, 2.75) is 12.8 Å². The second-order valence-electron chi connectivity index (χ2n) is 4.51. The van der Waals surface area contributed by atoms with Gasteiger partial charge >= 0.3 is 0 Å². The van der Waals surface area contributed by atoms with E-state index in [2.05, 4.69) is 0 Å². The third kappa shape index (κ3) is 0.228. The minimum atomic E-state index is 0.560. The molecule has 4 saturated carbocycles. The summed E-state index contributed by atoms with van der Waals surface area (Å²) in [7, 11) is 0. The molecule has 0 aliphatic heterocycles. The number of fused-ring (bicyclic) bond motifs is 2. The van der Waals surface area contributed by atoms with Crippen LogP contribution in [0.25, 0.3) is 0 Å². The Morgan fingerprint density at radius 2 is 2.00 bits per heavy atom. The first-order valence-electron chi connectivity index (χ1n) is 4.43. The number of ketones is 1. The summed E-state index contributed by atoms with van der Waals surface area (Å²) >= 11 is 0. The van der Waals surface area contributed by atoms with Crippen LogP contribution >= 0.6 is 0 Å². The highest BCUT2D eigenvalue weighted by molar-refractivity contribution is 5.92. The first-order valence-corrected chi connectivity index (χ1v) is 4.43. The van der Waals surface area contributed by atoms with Crippen molar-refractivity contribution >= 4 is 5.78 Å². The van der Waals surface area contributed by atoms with Gasteiger partial charge in [-0.25, -0.2) is 0 Å². The Labute approximate surface area is 59.8 Å². The van der Waals surface area contributed by atoms with E-state index in [1.54, 1.807) is 0 Å². The molecule has 1 nitrogen and oxygen atoms in total. The zero-order valence-corrected chi connectivity index (χ0v) is 5.79. The van der Waals surface area contributed by atoms with Crippen LogP contribution in [0.15, 0.2) is 0 Å². The van der Waals surface area contributed by atoms with Gasteiger partial charge in [0.1, 0.15) is 5.78 Å². The zero-order chi connectivity index (χ0) is 6.46. The van der Waals surface area contributed by atoms with E-state index in [-0.39, 0.29) is 0 Å². The predicted molar refractivity (Wildman–Crippen MR) is 35.2 cm³/mol. The molecule has 1 heteroatoms. The van der Waals surface area contributed by atoms with E-state index in [1.165, 1.54) is 12.8 Å². The molecule has 6 atom stereocenters. The Morgan fingerprint density at radius 3 is 2.70 bits per heavy atom. The predicted octanol–water partition coefficient (Wildman–Crippen LogP) is 1.09. The fraction of sp³-hybridized carbons (Fsp3) is 0.889. The Balaban J connectivity index is 1.97. The van der Waals surface area contributed by atoms with Crippen LogP contribution in [-0.4, -0.2) is 5.78 Å². The van der Waals surface area contributed by atoms with Crippen LogP contribution in [0.5, 0.6) is 0 Å². The standard InChI is InChI=1S/C9H10O/c10-9-4-2-1-3-5(4)7-6(3)8(7)9/h3-8H,1-2H2. The van der Waals surface area contributed by atoms with Crippen molar-refractivity contribution < 1.29 is 4.79 Å². The van der Waals surface area contributed by atoms with Crippen molar-refractivity contribution in [2.24, 2.45) is 35.5 Å². The van der Waals surface area contributed by atoms with Crippen LogP contribution in [0.2, 0.25) is 0 Å². The van der Waals surface area contributed by atoms with Crippen LogP contribution in [0.3, 0.4) is 0 Å². The SMILES string of the molecule is O=C1C2CCC3C2C2C1C32. The van der Waals surface area contributed by atoms with Crippen molar-refractivity contribution in [3.63, 3.8) is 0 Å². The Bertz CT molecular complexity index is 241. The summed E-state index contributed by atoms with van der Waals surface area (Å²) in [6, 6.07) is 0. The molecule has 0 spiro atoms. The maximum Gasteiger partial charge on any atom is 0.139 e. The molecule has 0 aromatic heterocycles. The smallest absolute Gasteiger partial charge is 0.139 e. The molecular formula is C9H10O. The number of carbonyl (C=O) groups excluding carboxylic acids is 1. The van der Waals surface area contributed by atoms with Gasteiger partial charge in [-0.15, -0.1) is 0 Å². The molecule has 4 fully saturated rings. The fourth-order valence-electron chi connectivity index (χ4n) is 4.28. The van der Waals surface area contributed by atoms with Crippen LogP contribution in [0.1, 0.15) is 12.8 Å². The average Bonchev–Trinajstić information content (AvgIpc) is 2.36. The first kappa shape index (κ1) is 4.53. The van der Waals surface area contributed by atoms with Gasteiger partial charge in [0.15, 0.2) is 0 Å². The lowest BCUT2D eigenvalue weighted by Gasteiger charge is -2.32. The van der Waals surface area contributed by atoms with Gasteiger partial charge in [-0.05, 0) is 36.5 Å². The zero-order valence-electron chi connectivity index (χ0n) is 5.79. The first-order chi connectivity index (χ1) is 4.89. The molecular weight excluding hydrogens is 124 g/mol. The largest absolute Gasteiger partial charge is 0.299 e. The summed E-state index contributed by atoms with van der Waals surface area (Å²) in [6.07, 6.45) is 2.64. The van der Waals surface area contributed by atoms with E-state index in [4.69, 9.17) is 0 Å². The third-order valence-corrected chi connectivity index (χ3v) is 4.54. The Morgan fingerprint density at radius 1 is 1.10 bits per heavy atom. The lowest BCUT2D eigenvalue weighted by atomic mass is 9.71. The van der Waals surface area contributed by atoms with Gasteiger partial charge in [0.05, 0.1) is 0 Å². The lowest BCUT2D eigenvalue weighted by molar-refractivity contribution is -0.125. The number of carbonyl (C=O) groups is 1. The molecule has 0 radical (unpaired) electrons. The third-order valence-electron chi connectivity index (χ3n) is 4.54. The summed E-state index contributed by atoms with van der Waals surface area (Å²) in [5, 5.41) is 0. The van der Waals surface area contributed by atoms with Crippen molar-refractivity contribution in [3.8, 4) is 0 Å². The fourth-order valence-corrected chi connectivity index (χ4v) is 4.28. The van der Waals surface area contributed by atoms with Gasteiger partial charge in [0.25, 0.3) is 0 Å². The topological polar surface area (TPSA) is 17.1 Å². The van der Waals surface area contributed by atoms with E-state index >= 15 is 0 Å². The maximum absolute atomic E-state index is 11.4. The molecule has 6 unspecified atom stereocenters. The molecule has 52 valence electrons. The summed E-state index contributed by atoms with van der Waals surface area (Å²) in [4.78, 5) is 11.4.